The smallest absolute Gasteiger partial charge is 0.165 e. The molecule has 1 aliphatic heterocycles. The van der Waals surface area contributed by atoms with Crippen molar-refractivity contribution < 1.29 is 14.9 Å². The molecule has 0 unspecified atom stereocenters. The molecule has 3 aromatic rings. The third kappa shape index (κ3) is 4.02. The van der Waals surface area contributed by atoms with Crippen LogP contribution >= 0.6 is 11.6 Å². The van der Waals surface area contributed by atoms with Gasteiger partial charge in [-0.1, -0.05) is 35.9 Å². The SMILES string of the molecule is Oc1ccc(CN2CCOc3c(O)cc(-c4cccc(Cl)c4)cc3C2)cc1. The van der Waals surface area contributed by atoms with E-state index in [2.05, 4.69) is 11.0 Å². The minimum atomic E-state index is 0.147. The lowest BCUT2D eigenvalue weighted by molar-refractivity contribution is 0.217. The van der Waals surface area contributed by atoms with Crippen LogP contribution in [0, 0.1) is 0 Å². The van der Waals surface area contributed by atoms with Crippen molar-refractivity contribution in [2.45, 2.75) is 13.1 Å². The molecule has 0 radical (unpaired) electrons. The van der Waals surface area contributed by atoms with E-state index < -0.39 is 0 Å². The largest absolute Gasteiger partial charge is 0.508 e. The molecule has 0 atom stereocenters. The van der Waals surface area contributed by atoms with Gasteiger partial charge in [-0.05, 0) is 53.1 Å². The molecule has 3 aromatic carbocycles. The second-order valence-electron chi connectivity index (χ2n) is 6.72. The van der Waals surface area contributed by atoms with Crippen molar-refractivity contribution in [2.24, 2.45) is 0 Å². The quantitative estimate of drug-likeness (QED) is 0.683. The van der Waals surface area contributed by atoms with Crippen molar-refractivity contribution in [1.29, 1.82) is 0 Å². The summed E-state index contributed by atoms with van der Waals surface area (Å²) in [7, 11) is 0. The van der Waals surface area contributed by atoms with Crippen molar-refractivity contribution in [3.05, 3.63) is 76.8 Å². The molecular formula is C22H20ClNO3. The molecular weight excluding hydrogens is 362 g/mol. The molecule has 4 rings (SSSR count). The summed E-state index contributed by atoms with van der Waals surface area (Å²) in [6, 6.07) is 18.6. The standard InChI is InChI=1S/C22H20ClNO3/c23-19-3-1-2-16(11-19)17-10-18-14-24(8-9-27-22(18)21(26)12-17)13-15-4-6-20(25)7-5-15/h1-7,10-12,25-26H,8-9,13-14H2. The van der Waals surface area contributed by atoms with E-state index in [1.807, 2.05) is 36.4 Å². The van der Waals surface area contributed by atoms with Gasteiger partial charge in [-0.2, -0.15) is 0 Å². The first-order chi connectivity index (χ1) is 13.1. The molecule has 0 saturated carbocycles. The summed E-state index contributed by atoms with van der Waals surface area (Å²) in [5.41, 5.74) is 3.92. The highest BCUT2D eigenvalue weighted by Gasteiger charge is 2.20. The fraction of sp³-hybridized carbons (Fsp3) is 0.182. The first kappa shape index (κ1) is 17.7. The number of nitrogens with zero attached hydrogens (tertiary/aromatic N) is 1. The Labute approximate surface area is 163 Å². The molecule has 0 fully saturated rings. The molecule has 0 amide bonds. The molecule has 0 spiro atoms. The van der Waals surface area contributed by atoms with Gasteiger partial charge in [0.2, 0.25) is 0 Å². The Morgan fingerprint density at radius 2 is 1.78 bits per heavy atom. The average molecular weight is 382 g/mol. The van der Waals surface area contributed by atoms with E-state index >= 15 is 0 Å². The van der Waals surface area contributed by atoms with Crippen LogP contribution in [-0.2, 0) is 13.1 Å². The molecule has 1 aliphatic rings. The first-order valence-corrected chi connectivity index (χ1v) is 9.21. The third-order valence-electron chi connectivity index (χ3n) is 4.69. The van der Waals surface area contributed by atoms with Crippen LogP contribution < -0.4 is 4.74 Å². The number of phenols is 2. The number of aromatic hydroxyl groups is 2. The zero-order valence-electron chi connectivity index (χ0n) is 14.7. The maximum Gasteiger partial charge on any atom is 0.165 e. The minimum absolute atomic E-state index is 0.147. The zero-order valence-corrected chi connectivity index (χ0v) is 15.5. The van der Waals surface area contributed by atoms with Crippen molar-refractivity contribution in [3.8, 4) is 28.4 Å². The predicted octanol–water partition coefficient (Wildman–Crippen LogP) is 4.81. The predicted molar refractivity (Wildman–Crippen MR) is 106 cm³/mol. The lowest BCUT2D eigenvalue weighted by Gasteiger charge is -2.19. The normalized spacial score (nSPS) is 14.3. The minimum Gasteiger partial charge on any atom is -0.508 e. The van der Waals surface area contributed by atoms with E-state index in [0.29, 0.717) is 23.9 Å². The number of hydrogen-bond donors (Lipinski definition) is 2. The van der Waals surface area contributed by atoms with Gasteiger partial charge in [0.25, 0.3) is 0 Å². The van der Waals surface area contributed by atoms with Crippen molar-refractivity contribution in [3.63, 3.8) is 0 Å². The van der Waals surface area contributed by atoms with Gasteiger partial charge in [0.15, 0.2) is 11.5 Å². The van der Waals surface area contributed by atoms with E-state index in [4.69, 9.17) is 16.3 Å². The molecule has 2 N–H and O–H groups in total. The highest BCUT2D eigenvalue weighted by atomic mass is 35.5. The topological polar surface area (TPSA) is 52.9 Å². The molecule has 0 saturated heterocycles. The van der Waals surface area contributed by atoms with Gasteiger partial charge < -0.3 is 14.9 Å². The number of hydrogen-bond acceptors (Lipinski definition) is 4. The van der Waals surface area contributed by atoms with Crippen molar-refractivity contribution in [1.82, 2.24) is 4.90 Å². The van der Waals surface area contributed by atoms with Crippen molar-refractivity contribution in [2.75, 3.05) is 13.2 Å². The second-order valence-corrected chi connectivity index (χ2v) is 7.16. The van der Waals surface area contributed by atoms with Gasteiger partial charge in [0, 0.05) is 30.2 Å². The Kier molecular flexibility index (Phi) is 4.92. The molecule has 0 aromatic heterocycles. The molecule has 4 nitrogen and oxygen atoms in total. The number of halogens is 1. The molecule has 138 valence electrons. The monoisotopic (exact) mass is 381 g/mol. The number of rotatable bonds is 3. The van der Waals surface area contributed by atoms with Crippen LogP contribution in [0.4, 0.5) is 0 Å². The molecule has 0 aliphatic carbocycles. The van der Waals surface area contributed by atoms with Crippen LogP contribution in [0.15, 0.2) is 60.7 Å². The van der Waals surface area contributed by atoms with Crippen molar-refractivity contribution >= 4 is 11.6 Å². The Morgan fingerprint density at radius 3 is 2.56 bits per heavy atom. The van der Waals surface area contributed by atoms with Crippen LogP contribution in [0.3, 0.4) is 0 Å². The van der Waals surface area contributed by atoms with E-state index in [0.717, 1.165) is 35.3 Å². The Balaban J connectivity index is 1.63. The van der Waals surface area contributed by atoms with Gasteiger partial charge in [-0.25, -0.2) is 0 Å². The summed E-state index contributed by atoms with van der Waals surface area (Å²) >= 11 is 6.12. The Bertz CT molecular complexity index is 956. The summed E-state index contributed by atoms with van der Waals surface area (Å²) in [6.07, 6.45) is 0. The number of fused-ring (bicyclic) bond motifs is 1. The van der Waals surface area contributed by atoms with Gasteiger partial charge in [-0.3, -0.25) is 4.90 Å². The Hall–Kier alpha value is -2.69. The number of benzene rings is 3. The number of ether oxygens (including phenoxy) is 1. The van der Waals surface area contributed by atoms with Crippen LogP contribution in [0.2, 0.25) is 5.02 Å². The molecule has 1 heterocycles. The maximum absolute atomic E-state index is 10.5. The van der Waals surface area contributed by atoms with Crippen LogP contribution in [0.5, 0.6) is 17.2 Å². The number of phenolic OH excluding ortho intramolecular Hbond substituents is 2. The first-order valence-electron chi connectivity index (χ1n) is 8.83. The second kappa shape index (κ2) is 7.51. The lowest BCUT2D eigenvalue weighted by Crippen LogP contribution is -2.25. The van der Waals surface area contributed by atoms with E-state index in [1.54, 1.807) is 18.2 Å². The summed E-state index contributed by atoms with van der Waals surface area (Å²) < 4.78 is 5.82. The van der Waals surface area contributed by atoms with E-state index in [9.17, 15) is 10.2 Å². The maximum atomic E-state index is 10.5. The zero-order chi connectivity index (χ0) is 18.8. The molecule has 0 bridgehead atoms. The summed E-state index contributed by atoms with van der Waals surface area (Å²) in [5, 5.41) is 20.6. The third-order valence-corrected chi connectivity index (χ3v) is 4.93. The summed E-state index contributed by atoms with van der Waals surface area (Å²) in [4.78, 5) is 2.26. The van der Waals surface area contributed by atoms with Gasteiger partial charge in [0.05, 0.1) is 0 Å². The molecule has 27 heavy (non-hydrogen) atoms. The lowest BCUT2D eigenvalue weighted by atomic mass is 10.0. The van der Waals surface area contributed by atoms with Crippen LogP contribution in [0.25, 0.3) is 11.1 Å². The van der Waals surface area contributed by atoms with Crippen LogP contribution in [-0.4, -0.2) is 28.3 Å². The van der Waals surface area contributed by atoms with E-state index in [1.165, 1.54) is 0 Å². The van der Waals surface area contributed by atoms with Crippen LogP contribution in [0.1, 0.15) is 11.1 Å². The Morgan fingerprint density at radius 1 is 0.963 bits per heavy atom. The highest BCUT2D eigenvalue weighted by Crippen LogP contribution is 2.38. The van der Waals surface area contributed by atoms with Gasteiger partial charge in [0.1, 0.15) is 12.4 Å². The van der Waals surface area contributed by atoms with E-state index in [-0.39, 0.29) is 11.5 Å². The fourth-order valence-corrected chi connectivity index (χ4v) is 3.57. The summed E-state index contributed by atoms with van der Waals surface area (Å²) in [6.45, 7) is 2.67. The highest BCUT2D eigenvalue weighted by molar-refractivity contribution is 6.30. The van der Waals surface area contributed by atoms with Gasteiger partial charge >= 0.3 is 0 Å². The fourth-order valence-electron chi connectivity index (χ4n) is 3.38. The molecule has 5 heteroatoms. The average Bonchev–Trinajstić information content (AvgIpc) is 2.86. The van der Waals surface area contributed by atoms with Gasteiger partial charge in [-0.15, -0.1) is 0 Å². The summed E-state index contributed by atoms with van der Waals surface area (Å²) in [5.74, 6) is 0.960.